The lowest BCUT2D eigenvalue weighted by atomic mass is 10.2. The number of aromatic amines is 1. The van der Waals surface area contributed by atoms with Crippen molar-refractivity contribution >= 4 is 6.21 Å². The van der Waals surface area contributed by atoms with Crippen molar-refractivity contribution in [2.45, 2.75) is 13.3 Å². The molecular formula is C17H22N4O3. The summed E-state index contributed by atoms with van der Waals surface area (Å²) in [6, 6.07) is 7.09. The van der Waals surface area contributed by atoms with Crippen molar-refractivity contribution in [3.8, 4) is 11.6 Å². The monoisotopic (exact) mass is 330 g/mol. The van der Waals surface area contributed by atoms with Crippen LogP contribution in [0.5, 0.6) is 5.88 Å². The minimum atomic E-state index is -0.687. The van der Waals surface area contributed by atoms with E-state index in [9.17, 15) is 14.7 Å². The summed E-state index contributed by atoms with van der Waals surface area (Å²) >= 11 is 0. The lowest BCUT2D eigenvalue weighted by Crippen LogP contribution is -2.31. The van der Waals surface area contributed by atoms with E-state index < -0.39 is 17.1 Å². The number of benzene rings is 1. The van der Waals surface area contributed by atoms with E-state index in [4.69, 9.17) is 0 Å². The second-order valence-corrected chi connectivity index (χ2v) is 5.86. The Morgan fingerprint density at radius 1 is 1.33 bits per heavy atom. The third kappa shape index (κ3) is 4.20. The number of aromatic nitrogens is 2. The van der Waals surface area contributed by atoms with Crippen LogP contribution < -0.4 is 11.2 Å². The van der Waals surface area contributed by atoms with Gasteiger partial charge in [-0.2, -0.15) is 0 Å². The van der Waals surface area contributed by atoms with E-state index >= 15 is 0 Å². The van der Waals surface area contributed by atoms with Crippen LogP contribution in [-0.2, 0) is 0 Å². The van der Waals surface area contributed by atoms with E-state index in [2.05, 4.69) is 9.98 Å². The van der Waals surface area contributed by atoms with Crippen molar-refractivity contribution in [2.24, 2.45) is 4.99 Å². The molecule has 0 atom stereocenters. The topological polar surface area (TPSA) is 90.7 Å². The van der Waals surface area contributed by atoms with Gasteiger partial charge in [0.15, 0.2) is 0 Å². The van der Waals surface area contributed by atoms with Crippen LogP contribution in [0.4, 0.5) is 0 Å². The van der Waals surface area contributed by atoms with Crippen LogP contribution in [0.2, 0.25) is 0 Å². The average molecular weight is 330 g/mol. The van der Waals surface area contributed by atoms with Crippen LogP contribution >= 0.6 is 0 Å². The highest BCUT2D eigenvalue weighted by atomic mass is 16.3. The Balaban J connectivity index is 2.37. The third-order valence-electron chi connectivity index (χ3n) is 3.49. The van der Waals surface area contributed by atoms with Gasteiger partial charge in [0.2, 0.25) is 5.88 Å². The number of rotatable bonds is 6. The van der Waals surface area contributed by atoms with Crippen molar-refractivity contribution < 1.29 is 5.11 Å². The van der Waals surface area contributed by atoms with Gasteiger partial charge in [-0.3, -0.25) is 14.8 Å². The maximum absolute atomic E-state index is 12.1. The van der Waals surface area contributed by atoms with E-state index in [1.165, 1.54) is 6.21 Å². The molecular weight excluding hydrogens is 308 g/mol. The Morgan fingerprint density at radius 3 is 2.75 bits per heavy atom. The fraction of sp³-hybridized carbons (Fsp3) is 0.353. The Labute approximate surface area is 139 Å². The highest BCUT2D eigenvalue weighted by Crippen LogP contribution is 2.16. The van der Waals surface area contributed by atoms with Crippen molar-refractivity contribution in [2.75, 3.05) is 27.2 Å². The van der Waals surface area contributed by atoms with Gasteiger partial charge in [0, 0.05) is 12.8 Å². The molecule has 7 nitrogen and oxygen atoms in total. The molecule has 7 heteroatoms. The summed E-state index contributed by atoms with van der Waals surface area (Å²) in [5.74, 6) is -0.411. The first-order valence-corrected chi connectivity index (χ1v) is 7.70. The number of nitrogens with zero attached hydrogens (tertiary/aromatic N) is 3. The zero-order valence-corrected chi connectivity index (χ0v) is 14.1. The Hall–Kier alpha value is -2.67. The van der Waals surface area contributed by atoms with Gasteiger partial charge in [-0.15, -0.1) is 0 Å². The maximum Gasteiger partial charge on any atom is 0.335 e. The Kier molecular flexibility index (Phi) is 5.70. The lowest BCUT2D eigenvalue weighted by Gasteiger charge is -2.10. The van der Waals surface area contributed by atoms with E-state index in [-0.39, 0.29) is 5.56 Å². The molecule has 0 fully saturated rings. The molecule has 0 amide bonds. The molecule has 24 heavy (non-hydrogen) atoms. The fourth-order valence-corrected chi connectivity index (χ4v) is 2.30. The molecule has 0 radical (unpaired) electrons. The average Bonchev–Trinajstić information content (AvgIpc) is 2.49. The second kappa shape index (κ2) is 7.74. The number of nitrogens with one attached hydrogen (secondary N) is 1. The van der Waals surface area contributed by atoms with Gasteiger partial charge in [-0.05, 0) is 51.7 Å². The van der Waals surface area contributed by atoms with Crippen LogP contribution in [0, 0.1) is 6.92 Å². The third-order valence-corrected chi connectivity index (χ3v) is 3.49. The molecule has 1 aromatic heterocycles. The largest absolute Gasteiger partial charge is 0.493 e. The standard InChI is InChI=1S/C17H22N4O3/c1-12-6-4-7-13(10-12)21-16(23)14(15(22)19-17(21)24)11-18-8-5-9-20(2)3/h4,6-7,10-11,23H,5,8-9H2,1-3H3,(H,19,22,24). The van der Waals surface area contributed by atoms with E-state index in [0.717, 1.165) is 23.1 Å². The summed E-state index contributed by atoms with van der Waals surface area (Å²) in [5.41, 5.74) is 0.0477. The molecule has 2 aromatic rings. The summed E-state index contributed by atoms with van der Waals surface area (Å²) in [6.07, 6.45) is 2.15. The molecule has 2 rings (SSSR count). The maximum atomic E-state index is 12.1. The van der Waals surface area contributed by atoms with Crippen molar-refractivity contribution in [1.29, 1.82) is 0 Å². The van der Waals surface area contributed by atoms with Crippen LogP contribution in [0.1, 0.15) is 17.5 Å². The number of aryl methyl sites for hydroxylation is 1. The summed E-state index contributed by atoms with van der Waals surface area (Å²) < 4.78 is 1.07. The number of hydrogen-bond donors (Lipinski definition) is 2. The predicted octanol–water partition coefficient (Wildman–Crippen LogP) is 0.910. The van der Waals surface area contributed by atoms with Crippen LogP contribution in [0.15, 0.2) is 38.8 Å². The zero-order valence-electron chi connectivity index (χ0n) is 14.1. The highest BCUT2D eigenvalue weighted by molar-refractivity contribution is 5.82. The summed E-state index contributed by atoms with van der Waals surface area (Å²) in [6.45, 7) is 3.29. The van der Waals surface area contributed by atoms with Gasteiger partial charge in [0.05, 0.1) is 5.69 Å². The normalized spacial score (nSPS) is 11.5. The summed E-state index contributed by atoms with van der Waals surface area (Å²) in [4.78, 5) is 32.5. The van der Waals surface area contributed by atoms with Gasteiger partial charge in [-0.1, -0.05) is 12.1 Å². The minimum absolute atomic E-state index is 0.0269. The SMILES string of the molecule is Cc1cccc(-n2c(O)c(C=NCCCN(C)C)c(=O)[nH]c2=O)c1. The van der Waals surface area contributed by atoms with Crippen molar-refractivity contribution in [3.63, 3.8) is 0 Å². The smallest absolute Gasteiger partial charge is 0.335 e. The zero-order chi connectivity index (χ0) is 17.7. The van der Waals surface area contributed by atoms with E-state index in [0.29, 0.717) is 12.2 Å². The molecule has 0 saturated carbocycles. The van der Waals surface area contributed by atoms with Crippen LogP contribution in [0.3, 0.4) is 0 Å². The Bertz CT molecular complexity index is 850. The fourth-order valence-electron chi connectivity index (χ4n) is 2.30. The number of hydrogen-bond acceptors (Lipinski definition) is 5. The molecule has 0 aliphatic rings. The van der Waals surface area contributed by atoms with Crippen LogP contribution in [-0.4, -0.2) is 53.0 Å². The molecule has 0 bridgehead atoms. The van der Waals surface area contributed by atoms with Gasteiger partial charge in [0.1, 0.15) is 5.56 Å². The molecule has 128 valence electrons. The van der Waals surface area contributed by atoms with Gasteiger partial charge >= 0.3 is 5.69 Å². The number of aromatic hydroxyl groups is 1. The molecule has 0 saturated heterocycles. The molecule has 0 unspecified atom stereocenters. The first-order chi connectivity index (χ1) is 11.4. The minimum Gasteiger partial charge on any atom is -0.493 e. The molecule has 2 N–H and O–H groups in total. The lowest BCUT2D eigenvalue weighted by molar-refractivity contribution is 0.403. The molecule has 0 aliphatic heterocycles. The highest BCUT2D eigenvalue weighted by Gasteiger charge is 2.14. The second-order valence-electron chi connectivity index (χ2n) is 5.86. The summed E-state index contributed by atoms with van der Waals surface area (Å²) in [5, 5.41) is 10.4. The molecule has 1 aromatic carbocycles. The summed E-state index contributed by atoms with van der Waals surface area (Å²) in [7, 11) is 3.94. The predicted molar refractivity (Wildman–Crippen MR) is 94.7 cm³/mol. The van der Waals surface area contributed by atoms with Crippen molar-refractivity contribution in [3.05, 3.63) is 56.2 Å². The molecule has 0 aliphatic carbocycles. The van der Waals surface area contributed by atoms with Gasteiger partial charge < -0.3 is 10.0 Å². The Morgan fingerprint density at radius 2 is 2.08 bits per heavy atom. The molecule has 1 heterocycles. The molecule has 0 spiro atoms. The van der Waals surface area contributed by atoms with E-state index in [1.54, 1.807) is 18.2 Å². The number of H-pyrrole nitrogens is 1. The number of aliphatic imine (C=N–C) groups is 1. The van der Waals surface area contributed by atoms with Gasteiger partial charge in [-0.25, -0.2) is 9.36 Å². The van der Waals surface area contributed by atoms with Crippen LogP contribution in [0.25, 0.3) is 5.69 Å². The van der Waals surface area contributed by atoms with Crippen molar-refractivity contribution in [1.82, 2.24) is 14.5 Å². The quantitative estimate of drug-likeness (QED) is 0.608. The van der Waals surface area contributed by atoms with E-state index in [1.807, 2.05) is 32.0 Å². The first-order valence-electron chi connectivity index (χ1n) is 7.70. The van der Waals surface area contributed by atoms with Gasteiger partial charge in [0.25, 0.3) is 5.56 Å². The first kappa shape index (κ1) is 17.7.